The molecule has 1 heterocycles. The van der Waals surface area contributed by atoms with Crippen molar-refractivity contribution in [3.8, 4) is 6.07 Å². The molecule has 4 nitrogen and oxygen atoms in total. The lowest BCUT2D eigenvalue weighted by Gasteiger charge is -2.32. The van der Waals surface area contributed by atoms with Crippen molar-refractivity contribution in [2.45, 2.75) is 26.4 Å². The van der Waals surface area contributed by atoms with Crippen LogP contribution in [0.15, 0.2) is 18.2 Å². The summed E-state index contributed by atoms with van der Waals surface area (Å²) in [6.45, 7) is 4.57. The summed E-state index contributed by atoms with van der Waals surface area (Å²) in [5.74, 6) is -0.0487. The topological polar surface area (TPSA) is 53.3 Å². The van der Waals surface area contributed by atoms with Gasteiger partial charge in [0, 0.05) is 5.69 Å². The Morgan fingerprint density at radius 2 is 2.22 bits per heavy atom. The van der Waals surface area contributed by atoms with Crippen LogP contribution in [0.5, 0.6) is 0 Å². The largest absolute Gasteiger partial charge is 0.365 e. The summed E-state index contributed by atoms with van der Waals surface area (Å²) in [7, 11) is 0. The van der Waals surface area contributed by atoms with Crippen molar-refractivity contribution in [2.24, 2.45) is 0 Å². The Morgan fingerprint density at radius 1 is 1.44 bits per heavy atom. The molecular weight excluding hydrogens is 228 g/mol. The summed E-state index contributed by atoms with van der Waals surface area (Å²) >= 11 is 0. The van der Waals surface area contributed by atoms with Gasteiger partial charge in [0.05, 0.1) is 25.1 Å². The van der Waals surface area contributed by atoms with E-state index < -0.39 is 0 Å². The molecule has 0 aliphatic carbocycles. The fourth-order valence-electron chi connectivity index (χ4n) is 1.99. The maximum Gasteiger partial charge on any atom is 0.253 e. The average Bonchev–Trinajstić information content (AvgIpc) is 2.35. The van der Waals surface area contributed by atoms with Crippen molar-refractivity contribution in [1.29, 1.82) is 5.26 Å². The third-order valence-electron chi connectivity index (χ3n) is 3.25. The maximum atomic E-state index is 11.9. The normalized spacial score (nSPS) is 19.7. The fourth-order valence-corrected chi connectivity index (χ4v) is 1.99. The van der Waals surface area contributed by atoms with Gasteiger partial charge in [0.2, 0.25) is 0 Å². The Morgan fingerprint density at radius 3 is 2.89 bits per heavy atom. The molecule has 18 heavy (non-hydrogen) atoms. The van der Waals surface area contributed by atoms with E-state index in [9.17, 15) is 4.79 Å². The lowest BCUT2D eigenvalue weighted by Crippen LogP contribution is -2.46. The van der Waals surface area contributed by atoms with E-state index in [4.69, 9.17) is 10.00 Å². The van der Waals surface area contributed by atoms with E-state index in [0.717, 1.165) is 11.3 Å². The lowest BCUT2D eigenvalue weighted by atomic mass is 10.1. The van der Waals surface area contributed by atoms with Gasteiger partial charge in [0.1, 0.15) is 6.61 Å². The van der Waals surface area contributed by atoms with Crippen molar-refractivity contribution in [3.63, 3.8) is 0 Å². The number of rotatable bonds is 2. The van der Waals surface area contributed by atoms with Crippen LogP contribution in [0, 0.1) is 25.2 Å². The van der Waals surface area contributed by atoms with E-state index in [0.29, 0.717) is 13.0 Å². The SMILES string of the molecule is Cc1ccc(N2CC(CC#N)OCC2=O)cc1C. The molecule has 1 atom stereocenters. The van der Waals surface area contributed by atoms with Crippen LogP contribution in [-0.4, -0.2) is 25.2 Å². The Labute approximate surface area is 107 Å². The molecule has 0 bridgehead atoms. The molecule has 0 N–H and O–H groups in total. The van der Waals surface area contributed by atoms with Gasteiger partial charge in [-0.2, -0.15) is 5.26 Å². The maximum absolute atomic E-state index is 11.9. The van der Waals surface area contributed by atoms with Crippen molar-refractivity contribution >= 4 is 11.6 Å². The number of morpholine rings is 1. The molecule has 0 radical (unpaired) electrons. The second-order valence-electron chi connectivity index (χ2n) is 4.57. The monoisotopic (exact) mass is 244 g/mol. The minimum Gasteiger partial charge on any atom is -0.365 e. The van der Waals surface area contributed by atoms with Gasteiger partial charge in [0.15, 0.2) is 0 Å². The first-order chi connectivity index (χ1) is 8.61. The quantitative estimate of drug-likeness (QED) is 0.799. The highest BCUT2D eigenvalue weighted by Crippen LogP contribution is 2.22. The first-order valence-electron chi connectivity index (χ1n) is 5.98. The number of carbonyl (C=O) groups excluding carboxylic acids is 1. The number of ether oxygens (including phenoxy) is 1. The summed E-state index contributed by atoms with van der Waals surface area (Å²) in [5, 5.41) is 8.69. The van der Waals surface area contributed by atoms with Crippen LogP contribution in [0.3, 0.4) is 0 Å². The number of amides is 1. The van der Waals surface area contributed by atoms with Crippen LogP contribution in [0.25, 0.3) is 0 Å². The van der Waals surface area contributed by atoms with Gasteiger partial charge in [0.25, 0.3) is 5.91 Å². The minimum atomic E-state index is -0.186. The van der Waals surface area contributed by atoms with E-state index in [-0.39, 0.29) is 18.6 Å². The number of anilines is 1. The standard InChI is InChI=1S/C14H16N2O2/c1-10-3-4-12(7-11(10)2)16-8-13(5-6-15)18-9-14(16)17/h3-4,7,13H,5,8-9H2,1-2H3. The Kier molecular flexibility index (Phi) is 3.63. The highest BCUT2D eigenvalue weighted by molar-refractivity contribution is 5.95. The second kappa shape index (κ2) is 5.19. The molecule has 0 saturated carbocycles. The van der Waals surface area contributed by atoms with E-state index in [2.05, 4.69) is 6.07 Å². The predicted molar refractivity (Wildman–Crippen MR) is 68.2 cm³/mol. The van der Waals surface area contributed by atoms with E-state index >= 15 is 0 Å². The van der Waals surface area contributed by atoms with Gasteiger partial charge < -0.3 is 9.64 Å². The molecule has 1 aromatic rings. The molecule has 1 aliphatic heterocycles. The molecule has 0 spiro atoms. The number of hydrogen-bond donors (Lipinski definition) is 0. The molecule has 4 heteroatoms. The zero-order valence-corrected chi connectivity index (χ0v) is 10.6. The third-order valence-corrected chi connectivity index (χ3v) is 3.25. The number of hydrogen-bond acceptors (Lipinski definition) is 3. The first-order valence-corrected chi connectivity index (χ1v) is 5.98. The average molecular weight is 244 g/mol. The number of carbonyl (C=O) groups is 1. The molecule has 1 fully saturated rings. The predicted octanol–water partition coefficient (Wildman–Crippen LogP) is 1.95. The van der Waals surface area contributed by atoms with Crippen LogP contribution >= 0.6 is 0 Å². The molecule has 1 saturated heterocycles. The highest BCUT2D eigenvalue weighted by atomic mass is 16.5. The molecule has 94 valence electrons. The van der Waals surface area contributed by atoms with Crippen LogP contribution in [-0.2, 0) is 9.53 Å². The second-order valence-corrected chi connectivity index (χ2v) is 4.57. The van der Waals surface area contributed by atoms with Crippen LogP contribution in [0.1, 0.15) is 17.5 Å². The van der Waals surface area contributed by atoms with Crippen LogP contribution in [0.2, 0.25) is 0 Å². The van der Waals surface area contributed by atoms with E-state index in [1.54, 1.807) is 4.90 Å². The fraction of sp³-hybridized carbons (Fsp3) is 0.429. The molecule has 0 aromatic heterocycles. The molecule has 1 amide bonds. The summed E-state index contributed by atoms with van der Waals surface area (Å²) in [4.78, 5) is 13.6. The zero-order valence-electron chi connectivity index (χ0n) is 10.6. The van der Waals surface area contributed by atoms with Gasteiger partial charge in [-0.25, -0.2) is 0 Å². The number of benzene rings is 1. The van der Waals surface area contributed by atoms with Crippen molar-refractivity contribution in [2.75, 3.05) is 18.1 Å². The smallest absolute Gasteiger partial charge is 0.253 e. The number of nitrogens with zero attached hydrogens (tertiary/aromatic N) is 2. The summed E-state index contributed by atoms with van der Waals surface area (Å²) in [6.07, 6.45) is 0.128. The minimum absolute atomic E-state index is 0.0487. The highest BCUT2D eigenvalue weighted by Gasteiger charge is 2.27. The Balaban J connectivity index is 2.22. The van der Waals surface area contributed by atoms with Gasteiger partial charge in [-0.3, -0.25) is 4.79 Å². The van der Waals surface area contributed by atoms with E-state index in [1.165, 1.54) is 5.56 Å². The van der Waals surface area contributed by atoms with Crippen LogP contribution < -0.4 is 4.90 Å². The van der Waals surface area contributed by atoms with Crippen molar-refractivity contribution in [3.05, 3.63) is 29.3 Å². The van der Waals surface area contributed by atoms with Gasteiger partial charge in [-0.15, -0.1) is 0 Å². The number of nitriles is 1. The molecule has 1 aromatic carbocycles. The zero-order chi connectivity index (χ0) is 13.1. The van der Waals surface area contributed by atoms with Gasteiger partial charge in [-0.1, -0.05) is 6.07 Å². The summed E-state index contributed by atoms with van der Waals surface area (Å²) in [5.41, 5.74) is 3.24. The Bertz CT molecular complexity index is 505. The first kappa shape index (κ1) is 12.6. The van der Waals surface area contributed by atoms with Gasteiger partial charge >= 0.3 is 0 Å². The molecule has 1 aliphatic rings. The van der Waals surface area contributed by atoms with Gasteiger partial charge in [-0.05, 0) is 37.1 Å². The number of aryl methyl sites for hydroxylation is 2. The Hall–Kier alpha value is -1.86. The molecule has 2 rings (SSSR count). The summed E-state index contributed by atoms with van der Waals surface area (Å²) < 4.78 is 5.32. The summed E-state index contributed by atoms with van der Waals surface area (Å²) in [6, 6.07) is 8.03. The van der Waals surface area contributed by atoms with Crippen molar-refractivity contribution in [1.82, 2.24) is 0 Å². The third kappa shape index (κ3) is 2.52. The molecule has 1 unspecified atom stereocenters. The van der Waals surface area contributed by atoms with Crippen LogP contribution in [0.4, 0.5) is 5.69 Å². The molecular formula is C14H16N2O2. The lowest BCUT2D eigenvalue weighted by molar-refractivity contribution is -0.129. The van der Waals surface area contributed by atoms with Crippen molar-refractivity contribution < 1.29 is 9.53 Å². The van der Waals surface area contributed by atoms with E-state index in [1.807, 2.05) is 32.0 Å².